The summed E-state index contributed by atoms with van der Waals surface area (Å²) in [7, 11) is 1.73. The van der Waals surface area contributed by atoms with Crippen molar-refractivity contribution in [3.63, 3.8) is 0 Å². The fourth-order valence-electron chi connectivity index (χ4n) is 2.17. The van der Waals surface area contributed by atoms with Crippen molar-refractivity contribution < 1.29 is 9.53 Å². The van der Waals surface area contributed by atoms with Crippen molar-refractivity contribution in [1.82, 2.24) is 25.3 Å². The van der Waals surface area contributed by atoms with Gasteiger partial charge in [-0.2, -0.15) is 15.0 Å². The lowest BCUT2D eigenvalue weighted by Crippen LogP contribution is -2.60. The lowest BCUT2D eigenvalue weighted by atomic mass is 10.1. The molecular weight excluding hydrogens is 336 g/mol. The molecule has 0 aromatic carbocycles. The Labute approximate surface area is 154 Å². The Bertz CT molecular complexity index is 647. The first-order chi connectivity index (χ1) is 11.8. The number of carbonyl (C=O) groups is 1. The van der Waals surface area contributed by atoms with Crippen molar-refractivity contribution in [3.05, 3.63) is 0 Å². The lowest BCUT2D eigenvalue weighted by Gasteiger charge is -2.43. The van der Waals surface area contributed by atoms with Crippen LogP contribution < -0.4 is 21.5 Å². The zero-order chi connectivity index (χ0) is 19.7. The highest BCUT2D eigenvalue weighted by atomic mass is 16.6. The lowest BCUT2D eigenvalue weighted by molar-refractivity contribution is 0.0196. The highest BCUT2D eigenvalue weighted by molar-refractivity contribution is 5.69. The van der Waals surface area contributed by atoms with Crippen LogP contribution in [-0.2, 0) is 4.74 Å². The van der Waals surface area contributed by atoms with Gasteiger partial charge in [0.2, 0.25) is 17.8 Å². The second-order valence-corrected chi connectivity index (χ2v) is 8.47. The van der Waals surface area contributed by atoms with Crippen LogP contribution in [0.2, 0.25) is 0 Å². The second-order valence-electron chi connectivity index (χ2n) is 8.47. The summed E-state index contributed by atoms with van der Waals surface area (Å²) < 4.78 is 5.39. The summed E-state index contributed by atoms with van der Waals surface area (Å²) >= 11 is 0. The predicted octanol–water partition coefficient (Wildman–Crippen LogP) is 1.22. The number of likely N-dealkylation sites (N-methyl/N-ethyl adjacent to an activating group) is 1. The van der Waals surface area contributed by atoms with Gasteiger partial charge in [0.1, 0.15) is 5.60 Å². The first kappa shape index (κ1) is 20.0. The van der Waals surface area contributed by atoms with Crippen molar-refractivity contribution in [1.29, 1.82) is 0 Å². The third kappa shape index (κ3) is 5.58. The van der Waals surface area contributed by atoms with Crippen LogP contribution >= 0.6 is 0 Å². The largest absolute Gasteiger partial charge is 0.444 e. The standard InChI is InChI=1S/C16H30N8O2/c1-15(2,3)22-21-12-18-11(17)19-13(20-12)24-8-10(9-24)23(7)14(25)26-16(4,5)6/h10,22H,8-9H2,1-7H3,(H3,17,18,19,20,21). The van der Waals surface area contributed by atoms with Crippen LogP contribution in [0.5, 0.6) is 0 Å². The van der Waals surface area contributed by atoms with Gasteiger partial charge in [0, 0.05) is 25.7 Å². The van der Waals surface area contributed by atoms with E-state index in [0.717, 1.165) is 0 Å². The fraction of sp³-hybridized carbons (Fsp3) is 0.750. The number of carbonyl (C=O) groups excluding carboxylic acids is 1. The normalized spacial score (nSPS) is 15.4. The molecule has 26 heavy (non-hydrogen) atoms. The molecule has 1 aliphatic rings. The molecule has 0 saturated carbocycles. The van der Waals surface area contributed by atoms with E-state index in [-0.39, 0.29) is 23.6 Å². The third-order valence-corrected chi connectivity index (χ3v) is 3.56. The van der Waals surface area contributed by atoms with Gasteiger partial charge in [-0.15, -0.1) is 0 Å². The van der Waals surface area contributed by atoms with Gasteiger partial charge in [-0.05, 0) is 41.5 Å². The Morgan fingerprint density at radius 1 is 1.19 bits per heavy atom. The van der Waals surface area contributed by atoms with Crippen LogP contribution in [0.4, 0.5) is 22.6 Å². The first-order valence-corrected chi connectivity index (χ1v) is 8.59. The maximum atomic E-state index is 12.1. The Balaban J connectivity index is 1.96. The van der Waals surface area contributed by atoms with Gasteiger partial charge in [0.15, 0.2) is 0 Å². The number of ether oxygens (including phenoxy) is 1. The second kappa shape index (κ2) is 7.10. The molecule has 1 saturated heterocycles. The monoisotopic (exact) mass is 366 g/mol. The number of nitrogens with two attached hydrogens (primary N) is 1. The quantitative estimate of drug-likeness (QED) is 0.675. The van der Waals surface area contributed by atoms with Crippen LogP contribution in [-0.4, -0.2) is 63.3 Å². The SMILES string of the molecule is CN(C(=O)OC(C)(C)C)C1CN(c2nc(N)nc(NNC(C)(C)C)n2)C1. The summed E-state index contributed by atoms with van der Waals surface area (Å²) in [6.07, 6.45) is -0.339. The molecule has 0 spiro atoms. The minimum atomic E-state index is -0.516. The van der Waals surface area contributed by atoms with Gasteiger partial charge in [-0.1, -0.05) is 0 Å². The zero-order valence-corrected chi connectivity index (χ0v) is 16.6. The third-order valence-electron chi connectivity index (χ3n) is 3.56. The van der Waals surface area contributed by atoms with Crippen molar-refractivity contribution >= 4 is 23.9 Å². The van der Waals surface area contributed by atoms with E-state index in [1.54, 1.807) is 11.9 Å². The van der Waals surface area contributed by atoms with E-state index in [0.29, 0.717) is 25.0 Å². The molecule has 1 aliphatic heterocycles. The molecule has 1 fully saturated rings. The summed E-state index contributed by atoms with van der Waals surface area (Å²) in [4.78, 5) is 28.3. The predicted molar refractivity (Wildman–Crippen MR) is 101 cm³/mol. The molecule has 0 unspecified atom stereocenters. The average Bonchev–Trinajstić information content (AvgIpc) is 2.40. The summed E-state index contributed by atoms with van der Waals surface area (Å²) in [6.45, 7) is 12.8. The molecule has 1 amide bonds. The van der Waals surface area contributed by atoms with Crippen LogP contribution in [0.1, 0.15) is 41.5 Å². The number of rotatable bonds is 4. The van der Waals surface area contributed by atoms with Crippen molar-refractivity contribution in [3.8, 4) is 0 Å². The molecule has 0 bridgehead atoms. The molecule has 10 nitrogen and oxygen atoms in total. The van der Waals surface area contributed by atoms with E-state index in [9.17, 15) is 4.79 Å². The minimum Gasteiger partial charge on any atom is -0.444 e. The number of amides is 1. The number of nitrogens with one attached hydrogen (secondary N) is 2. The van der Waals surface area contributed by atoms with Crippen LogP contribution in [0.3, 0.4) is 0 Å². The topological polar surface area (TPSA) is 122 Å². The molecule has 4 N–H and O–H groups in total. The number of nitrogen functional groups attached to an aromatic ring is 1. The Morgan fingerprint density at radius 2 is 1.81 bits per heavy atom. The average molecular weight is 366 g/mol. The maximum Gasteiger partial charge on any atom is 0.410 e. The van der Waals surface area contributed by atoms with Crippen molar-refractivity contribution in [2.24, 2.45) is 0 Å². The number of hydrogen-bond donors (Lipinski definition) is 3. The molecule has 0 radical (unpaired) electrons. The van der Waals surface area contributed by atoms with Gasteiger partial charge in [0.25, 0.3) is 0 Å². The Kier molecular flexibility index (Phi) is 5.45. The molecule has 0 aliphatic carbocycles. The van der Waals surface area contributed by atoms with Crippen molar-refractivity contribution in [2.75, 3.05) is 36.2 Å². The minimum absolute atomic E-state index is 0.0342. The number of nitrogens with zero attached hydrogens (tertiary/aromatic N) is 5. The fourth-order valence-corrected chi connectivity index (χ4v) is 2.17. The van der Waals surface area contributed by atoms with Crippen LogP contribution in [0.15, 0.2) is 0 Å². The highest BCUT2D eigenvalue weighted by Crippen LogP contribution is 2.22. The molecule has 2 heterocycles. The van der Waals surface area contributed by atoms with Crippen LogP contribution in [0.25, 0.3) is 0 Å². The Hall–Kier alpha value is -2.36. The molecule has 1 aromatic heterocycles. The first-order valence-electron chi connectivity index (χ1n) is 8.59. The van der Waals surface area contributed by atoms with E-state index in [1.165, 1.54) is 0 Å². The van der Waals surface area contributed by atoms with E-state index in [2.05, 4.69) is 25.8 Å². The van der Waals surface area contributed by atoms with E-state index in [4.69, 9.17) is 10.5 Å². The molecule has 0 atom stereocenters. The molecular formula is C16H30N8O2. The number of anilines is 3. The van der Waals surface area contributed by atoms with Gasteiger partial charge in [-0.3, -0.25) is 5.43 Å². The van der Waals surface area contributed by atoms with Crippen molar-refractivity contribution in [2.45, 2.75) is 58.7 Å². The van der Waals surface area contributed by atoms with Gasteiger partial charge >= 0.3 is 6.09 Å². The van der Waals surface area contributed by atoms with E-state index < -0.39 is 5.60 Å². The summed E-state index contributed by atoms with van der Waals surface area (Å²) in [5.74, 6) is 0.966. The number of hydrogen-bond acceptors (Lipinski definition) is 9. The van der Waals surface area contributed by atoms with Crippen LogP contribution in [0, 0.1) is 0 Å². The molecule has 1 aromatic rings. The summed E-state index contributed by atoms with van der Waals surface area (Å²) in [5, 5.41) is 0. The van der Waals surface area contributed by atoms with Gasteiger partial charge < -0.3 is 20.3 Å². The highest BCUT2D eigenvalue weighted by Gasteiger charge is 2.36. The number of aromatic nitrogens is 3. The van der Waals surface area contributed by atoms with Gasteiger partial charge in [-0.25, -0.2) is 10.2 Å². The summed E-state index contributed by atoms with van der Waals surface area (Å²) in [5.41, 5.74) is 11.1. The Morgan fingerprint density at radius 3 is 2.35 bits per heavy atom. The maximum absolute atomic E-state index is 12.1. The zero-order valence-electron chi connectivity index (χ0n) is 16.6. The molecule has 146 valence electrons. The molecule has 10 heteroatoms. The summed E-state index contributed by atoms with van der Waals surface area (Å²) in [6, 6.07) is 0.0342. The van der Waals surface area contributed by atoms with E-state index in [1.807, 2.05) is 46.4 Å². The smallest absolute Gasteiger partial charge is 0.410 e. The number of hydrazine groups is 1. The van der Waals surface area contributed by atoms with E-state index >= 15 is 0 Å². The molecule has 2 rings (SSSR count). The van der Waals surface area contributed by atoms with Gasteiger partial charge in [0.05, 0.1) is 6.04 Å².